The Morgan fingerprint density at radius 2 is 1.74 bits per heavy atom. The molecule has 1 amide bonds. The van der Waals surface area contributed by atoms with Crippen LogP contribution in [0.1, 0.15) is 30.0 Å². The second-order valence-electron chi connectivity index (χ2n) is 8.74. The maximum atomic E-state index is 13.8. The lowest BCUT2D eigenvalue weighted by Gasteiger charge is -2.27. The van der Waals surface area contributed by atoms with Crippen LogP contribution in [-0.2, 0) is 27.3 Å². The van der Waals surface area contributed by atoms with E-state index in [-0.39, 0.29) is 25.1 Å². The first kappa shape index (κ1) is 24.5. The van der Waals surface area contributed by atoms with Crippen LogP contribution in [0.5, 0.6) is 5.75 Å². The van der Waals surface area contributed by atoms with Gasteiger partial charge in [-0.25, -0.2) is 0 Å². The van der Waals surface area contributed by atoms with E-state index in [2.05, 4.69) is 5.32 Å². The molecule has 0 saturated carbocycles. The number of anilines is 1. The second kappa shape index (κ2) is 11.7. The number of ether oxygens (including phenoxy) is 2. The first-order valence-electron chi connectivity index (χ1n) is 12.1. The Bertz CT molecular complexity index is 1130. The molecule has 1 aliphatic heterocycles. The van der Waals surface area contributed by atoms with E-state index < -0.39 is 12.1 Å². The van der Waals surface area contributed by atoms with E-state index >= 15 is 0 Å². The molecule has 6 nitrogen and oxygen atoms in total. The lowest BCUT2D eigenvalue weighted by Crippen LogP contribution is -2.54. The average molecular weight is 473 g/mol. The van der Waals surface area contributed by atoms with Crippen molar-refractivity contribution in [3.05, 3.63) is 95.6 Å². The Hall–Kier alpha value is -3.64. The maximum absolute atomic E-state index is 13.8. The minimum Gasteiger partial charge on any atom is -0.489 e. The summed E-state index contributed by atoms with van der Waals surface area (Å²) in [4.78, 5) is 28.3. The van der Waals surface area contributed by atoms with Gasteiger partial charge in [0.15, 0.2) is 0 Å². The number of benzene rings is 3. The van der Waals surface area contributed by atoms with Crippen molar-refractivity contribution in [2.45, 2.75) is 45.3 Å². The molecule has 0 unspecified atom stereocenters. The molecule has 0 bridgehead atoms. The fraction of sp³-hybridized carbons (Fsp3) is 0.310. The highest BCUT2D eigenvalue weighted by Crippen LogP contribution is 2.32. The normalized spacial score (nSPS) is 16.1. The highest BCUT2D eigenvalue weighted by atomic mass is 16.5. The van der Waals surface area contributed by atoms with E-state index in [1.54, 1.807) is 11.8 Å². The van der Waals surface area contributed by atoms with Gasteiger partial charge in [0.25, 0.3) is 0 Å². The van der Waals surface area contributed by atoms with Crippen molar-refractivity contribution < 1.29 is 19.1 Å². The molecule has 35 heavy (non-hydrogen) atoms. The zero-order chi connectivity index (χ0) is 24.6. The number of amides is 1. The largest absolute Gasteiger partial charge is 0.489 e. The Balaban J connectivity index is 1.56. The summed E-state index contributed by atoms with van der Waals surface area (Å²) in [6.07, 6.45) is 1.20. The van der Waals surface area contributed by atoms with Gasteiger partial charge in [0.1, 0.15) is 24.4 Å². The van der Waals surface area contributed by atoms with Gasteiger partial charge in [-0.15, -0.1) is 0 Å². The van der Waals surface area contributed by atoms with Crippen molar-refractivity contribution in [3.63, 3.8) is 0 Å². The molecule has 4 rings (SSSR count). The Kier molecular flexibility index (Phi) is 8.16. The van der Waals surface area contributed by atoms with Gasteiger partial charge in [0, 0.05) is 0 Å². The molecule has 0 aliphatic carbocycles. The van der Waals surface area contributed by atoms with Crippen molar-refractivity contribution in [1.82, 2.24) is 5.32 Å². The molecule has 0 radical (unpaired) electrons. The first-order valence-corrected chi connectivity index (χ1v) is 12.1. The third-order valence-electron chi connectivity index (χ3n) is 6.12. The van der Waals surface area contributed by atoms with Crippen LogP contribution in [0.15, 0.2) is 78.9 Å². The number of para-hydroxylation sites is 2. The molecular formula is C29H32N2O4. The van der Waals surface area contributed by atoms with Crippen LogP contribution in [0.3, 0.4) is 0 Å². The van der Waals surface area contributed by atoms with E-state index in [4.69, 9.17) is 9.47 Å². The van der Waals surface area contributed by atoms with Crippen LogP contribution in [0.25, 0.3) is 0 Å². The van der Waals surface area contributed by atoms with E-state index in [1.807, 2.05) is 85.8 Å². The van der Waals surface area contributed by atoms with Crippen LogP contribution < -0.4 is 15.0 Å². The van der Waals surface area contributed by atoms with Crippen LogP contribution in [0.2, 0.25) is 0 Å². The predicted octanol–water partition coefficient (Wildman–Crippen LogP) is 4.44. The van der Waals surface area contributed by atoms with Gasteiger partial charge < -0.3 is 14.4 Å². The molecule has 0 aromatic heterocycles. The lowest BCUT2D eigenvalue weighted by molar-refractivity contribution is -0.146. The van der Waals surface area contributed by atoms with Crippen LogP contribution in [0, 0.1) is 6.92 Å². The molecule has 182 valence electrons. The van der Waals surface area contributed by atoms with Crippen molar-refractivity contribution in [2.75, 3.05) is 18.1 Å². The minimum atomic E-state index is -0.696. The molecule has 2 atom stereocenters. The molecule has 3 aromatic carbocycles. The monoisotopic (exact) mass is 472 g/mol. The summed E-state index contributed by atoms with van der Waals surface area (Å²) in [6, 6.07) is 24.3. The average Bonchev–Trinajstić information content (AvgIpc) is 3.00. The highest BCUT2D eigenvalue weighted by Gasteiger charge is 2.34. The number of hydrogen-bond donors (Lipinski definition) is 1. The molecule has 0 spiro atoms. The van der Waals surface area contributed by atoms with Gasteiger partial charge in [-0.05, 0) is 49.9 Å². The summed E-state index contributed by atoms with van der Waals surface area (Å²) in [5.74, 6) is 0.154. The van der Waals surface area contributed by atoms with Gasteiger partial charge >= 0.3 is 5.97 Å². The van der Waals surface area contributed by atoms with E-state index in [0.717, 1.165) is 22.4 Å². The fourth-order valence-corrected chi connectivity index (χ4v) is 4.22. The zero-order valence-electron chi connectivity index (χ0n) is 20.3. The van der Waals surface area contributed by atoms with Gasteiger partial charge in [-0.3, -0.25) is 14.9 Å². The maximum Gasteiger partial charge on any atom is 0.323 e. The Morgan fingerprint density at radius 3 is 2.49 bits per heavy atom. The molecule has 0 saturated heterocycles. The Labute approximate surface area is 206 Å². The van der Waals surface area contributed by atoms with Gasteiger partial charge in [0.2, 0.25) is 5.91 Å². The summed E-state index contributed by atoms with van der Waals surface area (Å²) < 4.78 is 11.4. The number of nitrogens with zero attached hydrogens (tertiary/aromatic N) is 1. The first-order chi connectivity index (χ1) is 17.0. The van der Waals surface area contributed by atoms with Crippen LogP contribution in [0.4, 0.5) is 5.69 Å². The highest BCUT2D eigenvalue weighted by molar-refractivity contribution is 5.99. The van der Waals surface area contributed by atoms with E-state index in [0.29, 0.717) is 25.1 Å². The van der Waals surface area contributed by atoms with Crippen molar-refractivity contribution in [1.29, 1.82) is 0 Å². The topological polar surface area (TPSA) is 67.9 Å². The van der Waals surface area contributed by atoms with Crippen LogP contribution >= 0.6 is 0 Å². The predicted molar refractivity (Wildman–Crippen MR) is 136 cm³/mol. The smallest absolute Gasteiger partial charge is 0.323 e. The Morgan fingerprint density at radius 1 is 1.03 bits per heavy atom. The lowest BCUT2D eigenvalue weighted by atomic mass is 10.0. The quantitative estimate of drug-likeness (QED) is 0.466. The number of nitrogens with one attached hydrogen (secondary N) is 1. The molecule has 1 heterocycles. The third kappa shape index (κ3) is 6.28. The standard InChI is InChI=1S/C29H32N2O4/c1-3-34-29(33)24(18-17-22-9-5-4-6-10-22)30-25-20-35-27-12-8-7-11-26(27)31(28(25)32)19-23-15-13-21(2)14-16-23/h4-16,24-25,30H,3,17-20H2,1-2H3/t24-,25-/m0/s1. The number of carbonyl (C=O) groups is 2. The molecule has 1 aliphatic rings. The van der Waals surface area contributed by atoms with Gasteiger partial charge in [-0.1, -0.05) is 72.3 Å². The van der Waals surface area contributed by atoms with E-state index in [9.17, 15) is 9.59 Å². The molecule has 6 heteroatoms. The molecular weight excluding hydrogens is 440 g/mol. The van der Waals surface area contributed by atoms with Crippen molar-refractivity contribution in [2.24, 2.45) is 0 Å². The number of esters is 1. The second-order valence-corrected chi connectivity index (χ2v) is 8.74. The molecule has 3 aromatic rings. The molecule has 0 fully saturated rings. The zero-order valence-corrected chi connectivity index (χ0v) is 20.3. The number of hydrogen-bond acceptors (Lipinski definition) is 5. The number of aryl methyl sites for hydroxylation is 2. The van der Waals surface area contributed by atoms with Crippen molar-refractivity contribution >= 4 is 17.6 Å². The number of rotatable bonds is 9. The minimum absolute atomic E-state index is 0.126. The summed E-state index contributed by atoms with van der Waals surface area (Å²) in [5.41, 5.74) is 4.03. The fourth-order valence-electron chi connectivity index (χ4n) is 4.22. The van der Waals surface area contributed by atoms with Gasteiger partial charge in [0.05, 0.1) is 18.8 Å². The van der Waals surface area contributed by atoms with E-state index in [1.165, 1.54) is 0 Å². The van der Waals surface area contributed by atoms with Gasteiger partial charge in [-0.2, -0.15) is 0 Å². The number of fused-ring (bicyclic) bond motifs is 1. The van der Waals surface area contributed by atoms with Crippen molar-refractivity contribution in [3.8, 4) is 5.75 Å². The summed E-state index contributed by atoms with van der Waals surface area (Å²) in [5, 5.41) is 3.27. The summed E-state index contributed by atoms with van der Waals surface area (Å²) in [7, 11) is 0. The molecule has 1 N–H and O–H groups in total. The summed E-state index contributed by atoms with van der Waals surface area (Å²) >= 11 is 0. The SMILES string of the molecule is CCOC(=O)[C@H](CCc1ccccc1)N[C@H]1COc2ccccc2N(Cc2ccc(C)cc2)C1=O. The number of carbonyl (C=O) groups excluding carboxylic acids is 2. The summed E-state index contributed by atoms with van der Waals surface area (Å²) in [6.45, 7) is 4.64. The van der Waals surface area contributed by atoms with Crippen LogP contribution in [-0.4, -0.2) is 37.2 Å². The third-order valence-corrected chi connectivity index (χ3v) is 6.12.